The van der Waals surface area contributed by atoms with E-state index in [2.05, 4.69) is 147 Å². The van der Waals surface area contributed by atoms with E-state index in [0.29, 0.717) is 0 Å². The topological polar surface area (TPSA) is 3.24 Å². The molecule has 0 spiro atoms. The van der Waals surface area contributed by atoms with Crippen LogP contribution in [0.15, 0.2) is 121 Å². The van der Waals surface area contributed by atoms with Crippen LogP contribution in [0.1, 0.15) is 23.6 Å². The van der Waals surface area contributed by atoms with Crippen LogP contribution in [0.25, 0.3) is 22.3 Å². The number of aryl methyl sites for hydroxylation is 3. The van der Waals surface area contributed by atoms with Gasteiger partial charge in [-0.05, 0) is 84.5 Å². The van der Waals surface area contributed by atoms with E-state index < -0.39 is 0 Å². The highest BCUT2D eigenvalue weighted by Gasteiger charge is 2.13. The molecular formula is C34H31N. The van der Waals surface area contributed by atoms with Gasteiger partial charge < -0.3 is 4.90 Å². The molecule has 0 fully saturated rings. The molecule has 0 aliphatic rings. The third kappa shape index (κ3) is 5.05. The van der Waals surface area contributed by atoms with Gasteiger partial charge in [-0.2, -0.15) is 0 Å². The lowest BCUT2D eigenvalue weighted by atomic mass is 10.0. The second-order valence-corrected chi connectivity index (χ2v) is 9.18. The fourth-order valence-corrected chi connectivity index (χ4v) is 4.43. The van der Waals surface area contributed by atoms with E-state index in [-0.39, 0.29) is 0 Å². The summed E-state index contributed by atoms with van der Waals surface area (Å²) in [5, 5.41) is 0. The van der Waals surface area contributed by atoms with E-state index in [0.717, 1.165) is 23.5 Å². The summed E-state index contributed by atoms with van der Waals surface area (Å²) >= 11 is 0. The molecule has 172 valence electrons. The highest BCUT2D eigenvalue weighted by molar-refractivity contribution is 5.79. The van der Waals surface area contributed by atoms with Gasteiger partial charge in [0.15, 0.2) is 0 Å². The van der Waals surface area contributed by atoms with Crippen LogP contribution >= 0.6 is 0 Å². The van der Waals surface area contributed by atoms with Crippen molar-refractivity contribution in [2.24, 2.45) is 0 Å². The molecule has 0 aromatic heterocycles. The van der Waals surface area contributed by atoms with E-state index in [9.17, 15) is 0 Å². The molecule has 0 radical (unpaired) electrons. The van der Waals surface area contributed by atoms with Crippen molar-refractivity contribution in [2.75, 3.05) is 4.90 Å². The van der Waals surface area contributed by atoms with E-state index >= 15 is 0 Å². The number of nitrogens with zero attached hydrogens (tertiary/aromatic N) is 1. The number of hydrogen-bond donors (Lipinski definition) is 0. The zero-order valence-corrected chi connectivity index (χ0v) is 20.7. The largest absolute Gasteiger partial charge is 0.311 e. The van der Waals surface area contributed by atoms with Gasteiger partial charge in [-0.1, -0.05) is 103 Å². The minimum Gasteiger partial charge on any atom is -0.311 e. The van der Waals surface area contributed by atoms with Gasteiger partial charge in [-0.15, -0.1) is 0 Å². The van der Waals surface area contributed by atoms with Crippen LogP contribution in [0, 0.1) is 13.8 Å². The van der Waals surface area contributed by atoms with Crippen molar-refractivity contribution >= 4 is 17.1 Å². The summed E-state index contributed by atoms with van der Waals surface area (Å²) in [5.74, 6) is 0. The Bertz CT molecular complexity index is 1380. The Balaban J connectivity index is 1.50. The van der Waals surface area contributed by atoms with Crippen molar-refractivity contribution in [3.05, 3.63) is 138 Å². The van der Waals surface area contributed by atoms with E-state index in [1.165, 1.54) is 38.9 Å². The van der Waals surface area contributed by atoms with Crippen LogP contribution in [0.3, 0.4) is 0 Å². The van der Waals surface area contributed by atoms with Crippen LogP contribution in [-0.4, -0.2) is 0 Å². The molecule has 0 N–H and O–H groups in total. The first kappa shape index (κ1) is 22.7. The van der Waals surface area contributed by atoms with Gasteiger partial charge in [-0.25, -0.2) is 0 Å². The molecule has 35 heavy (non-hydrogen) atoms. The average Bonchev–Trinajstić information content (AvgIpc) is 2.91. The quantitative estimate of drug-likeness (QED) is 0.247. The average molecular weight is 454 g/mol. The predicted molar refractivity (Wildman–Crippen MR) is 151 cm³/mol. The summed E-state index contributed by atoms with van der Waals surface area (Å²) < 4.78 is 0. The minimum atomic E-state index is 1.06. The molecule has 1 nitrogen and oxygen atoms in total. The Kier molecular flexibility index (Phi) is 6.50. The molecule has 5 aromatic rings. The molecule has 0 saturated heterocycles. The zero-order chi connectivity index (χ0) is 24.2. The third-order valence-corrected chi connectivity index (χ3v) is 6.62. The maximum absolute atomic E-state index is 2.32. The van der Waals surface area contributed by atoms with Crippen molar-refractivity contribution in [3.63, 3.8) is 0 Å². The minimum absolute atomic E-state index is 1.06. The fraction of sp³-hybridized carbons (Fsp3) is 0.118. The molecule has 5 aromatic carbocycles. The zero-order valence-electron chi connectivity index (χ0n) is 20.7. The Labute approximate surface area is 209 Å². The highest BCUT2D eigenvalue weighted by Crippen LogP contribution is 2.36. The molecule has 1 heteroatoms. The van der Waals surface area contributed by atoms with Gasteiger partial charge in [0.1, 0.15) is 0 Å². The highest BCUT2D eigenvalue weighted by atomic mass is 15.1. The van der Waals surface area contributed by atoms with Crippen LogP contribution in [0.2, 0.25) is 0 Å². The van der Waals surface area contributed by atoms with Gasteiger partial charge >= 0.3 is 0 Å². The fourth-order valence-electron chi connectivity index (χ4n) is 4.43. The van der Waals surface area contributed by atoms with Crippen molar-refractivity contribution in [2.45, 2.75) is 27.2 Å². The van der Waals surface area contributed by atoms with Crippen molar-refractivity contribution in [1.29, 1.82) is 0 Å². The number of hydrogen-bond acceptors (Lipinski definition) is 1. The second kappa shape index (κ2) is 10.0. The summed E-state index contributed by atoms with van der Waals surface area (Å²) in [4.78, 5) is 2.32. The molecule has 0 unspecified atom stereocenters. The first-order chi connectivity index (χ1) is 17.1. The first-order valence-electron chi connectivity index (χ1n) is 12.3. The SMILES string of the molecule is CCc1ccc(-c2ccc(N(c3ccc(C)cc3)c3ccc(-c4ccc(C)cc4)cc3)cc2)cc1. The Hall–Kier alpha value is -4.10. The molecule has 0 saturated carbocycles. The summed E-state index contributed by atoms with van der Waals surface area (Å²) in [5.41, 5.74) is 12.3. The number of rotatable bonds is 6. The molecule has 5 rings (SSSR count). The van der Waals surface area contributed by atoms with E-state index in [1.54, 1.807) is 0 Å². The maximum atomic E-state index is 2.32. The standard InChI is InChI=1S/C34H31N/c1-4-27-9-13-29(14-10-27)31-17-23-34(24-18-31)35(32-19-7-26(3)8-20-32)33-21-15-30(16-22-33)28-11-5-25(2)6-12-28/h5-24H,4H2,1-3H3. The Morgan fingerprint density at radius 2 is 0.686 bits per heavy atom. The van der Waals surface area contributed by atoms with Gasteiger partial charge in [0.25, 0.3) is 0 Å². The second-order valence-electron chi connectivity index (χ2n) is 9.18. The summed E-state index contributed by atoms with van der Waals surface area (Å²) in [7, 11) is 0. The van der Waals surface area contributed by atoms with Crippen LogP contribution in [0.5, 0.6) is 0 Å². The van der Waals surface area contributed by atoms with Gasteiger partial charge in [0.05, 0.1) is 0 Å². The Morgan fingerprint density at radius 3 is 1.06 bits per heavy atom. The maximum Gasteiger partial charge on any atom is 0.0462 e. The normalized spacial score (nSPS) is 10.8. The molecule has 0 atom stereocenters. The molecule has 0 amide bonds. The predicted octanol–water partition coefficient (Wildman–Crippen LogP) is 9.67. The third-order valence-electron chi connectivity index (χ3n) is 6.62. The summed E-state index contributed by atoms with van der Waals surface area (Å²) in [6.45, 7) is 6.44. The van der Waals surface area contributed by atoms with Gasteiger partial charge in [0.2, 0.25) is 0 Å². The van der Waals surface area contributed by atoms with Crippen LogP contribution in [-0.2, 0) is 6.42 Å². The summed E-state index contributed by atoms with van der Waals surface area (Å²) in [6, 6.07) is 44.1. The molecule has 0 aliphatic heterocycles. The lowest BCUT2D eigenvalue weighted by Gasteiger charge is -2.26. The van der Waals surface area contributed by atoms with Gasteiger partial charge in [-0.3, -0.25) is 0 Å². The molecular weight excluding hydrogens is 422 g/mol. The van der Waals surface area contributed by atoms with E-state index in [4.69, 9.17) is 0 Å². The monoisotopic (exact) mass is 453 g/mol. The molecule has 0 heterocycles. The molecule has 0 bridgehead atoms. The lowest BCUT2D eigenvalue weighted by Crippen LogP contribution is -2.09. The lowest BCUT2D eigenvalue weighted by molar-refractivity contribution is 1.14. The van der Waals surface area contributed by atoms with Crippen molar-refractivity contribution in [3.8, 4) is 22.3 Å². The van der Waals surface area contributed by atoms with Crippen LogP contribution in [0.4, 0.5) is 17.1 Å². The molecule has 0 aliphatic carbocycles. The summed E-state index contributed by atoms with van der Waals surface area (Å²) in [6.07, 6.45) is 1.06. The Morgan fingerprint density at radius 1 is 0.400 bits per heavy atom. The van der Waals surface area contributed by atoms with Crippen LogP contribution < -0.4 is 4.90 Å². The van der Waals surface area contributed by atoms with E-state index in [1.807, 2.05) is 0 Å². The van der Waals surface area contributed by atoms with Crippen molar-refractivity contribution in [1.82, 2.24) is 0 Å². The smallest absolute Gasteiger partial charge is 0.0462 e. The van der Waals surface area contributed by atoms with Gasteiger partial charge in [0, 0.05) is 17.1 Å². The number of benzene rings is 5. The first-order valence-corrected chi connectivity index (χ1v) is 12.3. The number of anilines is 3. The van der Waals surface area contributed by atoms with Crippen molar-refractivity contribution < 1.29 is 0 Å².